The number of fused-ring (bicyclic) bond motifs is 1. The first-order valence-corrected chi connectivity index (χ1v) is 17.0. The highest BCUT2D eigenvalue weighted by molar-refractivity contribution is 14.1. The molecule has 0 radical (unpaired) electrons. The number of carboxylic acids is 1. The zero-order chi connectivity index (χ0) is 34.0. The Hall–Kier alpha value is -3.95. The van der Waals surface area contributed by atoms with Crippen molar-refractivity contribution in [2.45, 2.75) is 39.5 Å². The third-order valence-electron chi connectivity index (χ3n) is 7.18. The maximum absolute atomic E-state index is 14.2. The van der Waals surface area contributed by atoms with Gasteiger partial charge >= 0.3 is 11.9 Å². The molecule has 0 amide bonds. The molecule has 3 aromatic carbocycles. The van der Waals surface area contributed by atoms with Crippen LogP contribution < -0.4 is 29.1 Å². The van der Waals surface area contributed by atoms with Crippen LogP contribution in [0.2, 0.25) is 0 Å². The van der Waals surface area contributed by atoms with Crippen molar-refractivity contribution in [1.82, 2.24) is 4.57 Å². The van der Waals surface area contributed by atoms with Crippen molar-refractivity contribution in [2.24, 2.45) is 4.99 Å². The number of esters is 1. The predicted octanol–water partition coefficient (Wildman–Crippen LogP) is 5.85. The van der Waals surface area contributed by atoms with Gasteiger partial charge in [-0.15, -0.1) is 0 Å². The van der Waals surface area contributed by atoms with Crippen LogP contribution >= 0.6 is 49.9 Å². The number of allylic oxidation sites excluding steroid dienone is 1. The summed E-state index contributed by atoms with van der Waals surface area (Å²) in [5, 5.41) is 9.31. The lowest BCUT2D eigenvalue weighted by Crippen LogP contribution is -2.40. The number of aromatic nitrogens is 1. The quantitative estimate of drug-likeness (QED) is 0.156. The molecule has 5 rings (SSSR count). The van der Waals surface area contributed by atoms with Crippen LogP contribution in [0.5, 0.6) is 17.2 Å². The molecule has 1 aliphatic heterocycles. The normalized spacial score (nSPS) is 14.5. The highest BCUT2D eigenvalue weighted by Gasteiger charge is 2.35. The number of hydrogen-bond acceptors (Lipinski definition) is 9. The molecule has 0 bridgehead atoms. The molecule has 2 heterocycles. The molecule has 0 saturated heterocycles. The van der Waals surface area contributed by atoms with Crippen LogP contribution in [0.4, 0.5) is 0 Å². The first-order valence-electron chi connectivity index (χ1n) is 14.3. The maximum Gasteiger partial charge on any atom is 0.338 e. The second kappa shape index (κ2) is 14.4. The standard InChI is InChI=1S/C34H30BrIN2O8S/c1-17(2)46-33(42)28-18(3)37-34-38(29(28)23-15-22(35)9-10-25(23)43-4)31(39)27(47-34)14-20-12-24(36)30(26(13-20)44-5)45-16-19-7-6-8-21(11-19)32(40)41/h6-15,17,29H,16H2,1-5H3,(H,40,41)/b27-14+/t29-/m1/s1. The lowest BCUT2D eigenvalue weighted by atomic mass is 9.95. The Morgan fingerprint density at radius 1 is 1.11 bits per heavy atom. The molecule has 1 N–H and O–H groups in total. The molecule has 13 heteroatoms. The average Bonchev–Trinajstić information content (AvgIpc) is 3.32. The van der Waals surface area contributed by atoms with Gasteiger partial charge in [-0.1, -0.05) is 39.4 Å². The van der Waals surface area contributed by atoms with Crippen LogP contribution in [0.15, 0.2) is 80.1 Å². The monoisotopic (exact) mass is 832 g/mol. The van der Waals surface area contributed by atoms with Crippen LogP contribution in [-0.2, 0) is 16.1 Å². The van der Waals surface area contributed by atoms with E-state index < -0.39 is 18.0 Å². The number of carbonyl (C=O) groups excluding carboxylic acids is 1. The van der Waals surface area contributed by atoms with Gasteiger partial charge in [-0.2, -0.15) is 0 Å². The minimum Gasteiger partial charge on any atom is -0.496 e. The van der Waals surface area contributed by atoms with Crippen LogP contribution in [0.25, 0.3) is 6.08 Å². The molecule has 244 valence electrons. The van der Waals surface area contributed by atoms with Crippen LogP contribution in [0.3, 0.4) is 0 Å². The maximum atomic E-state index is 14.2. The molecular formula is C34H30BrIN2O8S. The summed E-state index contributed by atoms with van der Waals surface area (Å²) in [5.74, 6) is -0.152. The molecule has 0 saturated carbocycles. The minimum absolute atomic E-state index is 0.130. The van der Waals surface area contributed by atoms with Crippen molar-refractivity contribution in [2.75, 3.05) is 14.2 Å². The van der Waals surface area contributed by atoms with Crippen LogP contribution in [0.1, 0.15) is 53.9 Å². The van der Waals surface area contributed by atoms with E-state index in [1.54, 1.807) is 57.2 Å². The highest BCUT2D eigenvalue weighted by atomic mass is 127. The van der Waals surface area contributed by atoms with Crippen LogP contribution in [-0.4, -0.2) is 41.9 Å². The Balaban J connectivity index is 1.59. The van der Waals surface area contributed by atoms with Crippen molar-refractivity contribution >= 4 is 67.9 Å². The van der Waals surface area contributed by atoms with Crippen molar-refractivity contribution in [1.29, 1.82) is 0 Å². The number of benzene rings is 3. The van der Waals surface area contributed by atoms with Crippen molar-refractivity contribution in [3.63, 3.8) is 0 Å². The van der Waals surface area contributed by atoms with Crippen LogP contribution in [0, 0.1) is 3.57 Å². The van der Waals surface area contributed by atoms with Gasteiger partial charge in [0.1, 0.15) is 18.4 Å². The number of thiazole rings is 1. The number of methoxy groups -OCH3 is 2. The molecule has 10 nitrogen and oxygen atoms in total. The third-order valence-corrected chi connectivity index (χ3v) is 9.45. The molecular weight excluding hydrogens is 803 g/mol. The number of rotatable bonds is 10. The molecule has 0 spiro atoms. The van der Waals surface area contributed by atoms with E-state index in [0.29, 0.717) is 49.0 Å². The molecule has 0 fully saturated rings. The number of carbonyl (C=O) groups is 2. The predicted molar refractivity (Wildman–Crippen MR) is 189 cm³/mol. The highest BCUT2D eigenvalue weighted by Crippen LogP contribution is 2.38. The summed E-state index contributed by atoms with van der Waals surface area (Å²) in [5.41, 5.74) is 2.51. The fraction of sp³-hybridized carbons (Fsp3) is 0.235. The fourth-order valence-corrected chi connectivity index (χ4v) is 7.34. The summed E-state index contributed by atoms with van der Waals surface area (Å²) >= 11 is 6.86. The summed E-state index contributed by atoms with van der Waals surface area (Å²) in [7, 11) is 3.06. The summed E-state index contributed by atoms with van der Waals surface area (Å²) in [4.78, 5) is 44.1. The van der Waals surface area contributed by atoms with Gasteiger partial charge < -0.3 is 24.1 Å². The topological polar surface area (TPSA) is 126 Å². The van der Waals surface area contributed by atoms with Gasteiger partial charge in [0.25, 0.3) is 5.56 Å². The zero-order valence-corrected chi connectivity index (χ0v) is 30.6. The average molecular weight is 833 g/mol. The molecule has 1 atom stereocenters. The number of carboxylic acid groups (broad SMARTS) is 1. The molecule has 1 aromatic heterocycles. The largest absolute Gasteiger partial charge is 0.496 e. The van der Waals surface area contributed by atoms with E-state index in [1.807, 2.05) is 18.2 Å². The molecule has 0 aliphatic carbocycles. The van der Waals surface area contributed by atoms with E-state index in [4.69, 9.17) is 18.9 Å². The second-order valence-electron chi connectivity index (χ2n) is 10.8. The van der Waals surface area contributed by atoms with Crippen molar-refractivity contribution < 1.29 is 33.6 Å². The van der Waals surface area contributed by atoms with E-state index in [0.717, 1.165) is 8.04 Å². The Morgan fingerprint density at radius 2 is 1.85 bits per heavy atom. The van der Waals surface area contributed by atoms with Gasteiger partial charge in [0.05, 0.1) is 45.3 Å². The lowest BCUT2D eigenvalue weighted by Gasteiger charge is -2.26. The van der Waals surface area contributed by atoms with E-state index in [-0.39, 0.29) is 29.4 Å². The van der Waals surface area contributed by atoms with E-state index in [2.05, 4.69) is 43.5 Å². The van der Waals surface area contributed by atoms with Gasteiger partial charge in [0.2, 0.25) is 0 Å². The number of aromatic carboxylic acids is 1. The van der Waals surface area contributed by atoms with Gasteiger partial charge in [0, 0.05) is 10.0 Å². The summed E-state index contributed by atoms with van der Waals surface area (Å²) in [6.45, 7) is 5.39. The number of nitrogens with zero attached hydrogens (tertiary/aromatic N) is 2. The minimum atomic E-state index is -1.02. The van der Waals surface area contributed by atoms with E-state index in [1.165, 1.54) is 36.2 Å². The van der Waals surface area contributed by atoms with Gasteiger partial charge in [-0.25, -0.2) is 14.6 Å². The van der Waals surface area contributed by atoms with Gasteiger partial charge in [0.15, 0.2) is 16.3 Å². The van der Waals surface area contributed by atoms with Gasteiger partial charge in [-0.05, 0) is 103 Å². The first-order chi connectivity index (χ1) is 22.4. The summed E-state index contributed by atoms with van der Waals surface area (Å²) in [6, 6.07) is 14.7. The molecule has 4 aromatic rings. The summed E-state index contributed by atoms with van der Waals surface area (Å²) in [6.07, 6.45) is 1.37. The molecule has 0 unspecified atom stereocenters. The van der Waals surface area contributed by atoms with E-state index >= 15 is 0 Å². The molecule has 47 heavy (non-hydrogen) atoms. The Labute approximate surface area is 296 Å². The summed E-state index contributed by atoms with van der Waals surface area (Å²) < 4.78 is 26.4. The number of ether oxygens (including phenoxy) is 4. The van der Waals surface area contributed by atoms with E-state index in [9.17, 15) is 19.5 Å². The SMILES string of the molecule is COc1ccc(Br)cc1[C@@H]1C(C(=O)OC(C)C)=C(C)N=c2s/c(=C/c3cc(I)c(OCc4cccc(C(=O)O)c4)c(OC)c3)c(=O)n21. The Kier molecular flexibility index (Phi) is 10.6. The fourth-order valence-electron chi connectivity index (χ4n) is 5.14. The smallest absolute Gasteiger partial charge is 0.338 e. The second-order valence-corrected chi connectivity index (χ2v) is 13.8. The Bertz CT molecular complexity index is 2100. The number of hydrogen-bond donors (Lipinski definition) is 1. The Morgan fingerprint density at radius 3 is 2.53 bits per heavy atom. The number of halogens is 2. The van der Waals surface area contributed by atoms with Crippen molar-refractivity contribution in [3.8, 4) is 17.2 Å². The van der Waals surface area contributed by atoms with Gasteiger partial charge in [-0.3, -0.25) is 9.36 Å². The zero-order valence-electron chi connectivity index (χ0n) is 26.0. The lowest BCUT2D eigenvalue weighted by molar-refractivity contribution is -0.143. The first kappa shape index (κ1) is 34.4. The third kappa shape index (κ3) is 7.31. The molecule has 1 aliphatic rings. The van der Waals surface area contributed by atoms with Crippen molar-refractivity contribution in [3.05, 3.63) is 116 Å².